The SMILES string of the molecule is c1ccc2cc3c(cc2c1)oc1ccc(-c2nc(-n4c5ccc6ccccc6c5c5c6ccccc6ccc54)nc4ccccc24)cc13. The molecule has 4 nitrogen and oxygen atoms in total. The van der Waals surface area contributed by atoms with Crippen LogP contribution >= 0.6 is 0 Å². The first-order valence-electron chi connectivity index (χ1n) is 16.2. The lowest BCUT2D eigenvalue weighted by molar-refractivity contribution is 0.669. The topological polar surface area (TPSA) is 43.9 Å². The molecule has 0 aliphatic rings. The van der Waals surface area contributed by atoms with Crippen LogP contribution in [0, 0.1) is 0 Å². The molecule has 0 aliphatic heterocycles. The first kappa shape index (κ1) is 25.6. The maximum Gasteiger partial charge on any atom is 0.235 e. The van der Waals surface area contributed by atoms with Crippen LogP contribution in [0.3, 0.4) is 0 Å². The van der Waals surface area contributed by atoms with Crippen molar-refractivity contribution >= 4 is 87.0 Å². The van der Waals surface area contributed by atoms with Crippen LogP contribution in [0.15, 0.2) is 156 Å². The minimum absolute atomic E-state index is 0.650. The third-order valence-electron chi connectivity index (χ3n) is 9.95. The number of furan rings is 1. The second-order valence-electron chi connectivity index (χ2n) is 12.6. The van der Waals surface area contributed by atoms with E-state index in [9.17, 15) is 0 Å². The molecule has 11 aromatic rings. The van der Waals surface area contributed by atoms with Crippen molar-refractivity contribution in [2.45, 2.75) is 0 Å². The first-order chi connectivity index (χ1) is 23.8. The smallest absolute Gasteiger partial charge is 0.235 e. The van der Waals surface area contributed by atoms with E-state index in [4.69, 9.17) is 14.4 Å². The molecule has 48 heavy (non-hydrogen) atoms. The quantitative estimate of drug-likeness (QED) is 0.195. The van der Waals surface area contributed by atoms with Gasteiger partial charge in [0.1, 0.15) is 11.2 Å². The predicted molar refractivity (Wildman–Crippen MR) is 199 cm³/mol. The molecule has 3 heterocycles. The van der Waals surface area contributed by atoms with Crippen molar-refractivity contribution in [1.29, 1.82) is 0 Å². The standard InChI is InChI=1S/C44H25N3O/c1-2-12-29-25-40-35(23-28(29)11-1)34-24-30(19-22-39(34)48-40)43-33-15-7-8-16-36(33)45-44(46-43)47-37-20-17-26-9-3-5-13-31(26)41(37)42-32-14-6-4-10-27(32)18-21-38(42)47/h1-25H. The van der Waals surface area contributed by atoms with Gasteiger partial charge in [0.05, 0.1) is 22.2 Å². The molecule has 4 heteroatoms. The van der Waals surface area contributed by atoms with E-state index in [1.807, 2.05) is 6.07 Å². The third kappa shape index (κ3) is 3.54. The molecule has 0 spiro atoms. The minimum Gasteiger partial charge on any atom is -0.456 e. The van der Waals surface area contributed by atoms with E-state index < -0.39 is 0 Å². The van der Waals surface area contributed by atoms with Gasteiger partial charge in [-0.3, -0.25) is 4.57 Å². The summed E-state index contributed by atoms with van der Waals surface area (Å²) in [7, 11) is 0. The zero-order valence-corrected chi connectivity index (χ0v) is 25.7. The molecule has 222 valence electrons. The maximum absolute atomic E-state index is 6.35. The zero-order valence-electron chi connectivity index (χ0n) is 25.7. The van der Waals surface area contributed by atoms with Crippen LogP contribution in [-0.4, -0.2) is 14.5 Å². The molecule has 11 rings (SSSR count). The fraction of sp³-hybridized carbons (Fsp3) is 0. The summed E-state index contributed by atoms with van der Waals surface area (Å²) in [5.74, 6) is 0.650. The Labute approximate surface area is 274 Å². The largest absolute Gasteiger partial charge is 0.456 e. The monoisotopic (exact) mass is 611 g/mol. The van der Waals surface area contributed by atoms with E-state index in [1.165, 1.54) is 43.1 Å². The summed E-state index contributed by atoms with van der Waals surface area (Å²) in [6, 6.07) is 53.7. The Balaban J connectivity index is 1.23. The fourth-order valence-corrected chi connectivity index (χ4v) is 7.76. The van der Waals surface area contributed by atoms with Crippen LogP contribution in [0.25, 0.3) is 104 Å². The molecular formula is C44H25N3O. The Bertz CT molecular complexity index is 3040. The summed E-state index contributed by atoms with van der Waals surface area (Å²) in [4.78, 5) is 10.7. The molecule has 0 fully saturated rings. The van der Waals surface area contributed by atoms with Gasteiger partial charge in [-0.1, -0.05) is 103 Å². The zero-order chi connectivity index (χ0) is 31.3. The fourth-order valence-electron chi connectivity index (χ4n) is 7.76. The Morgan fingerprint density at radius 2 is 1.00 bits per heavy atom. The Kier molecular flexibility index (Phi) is 5.08. The van der Waals surface area contributed by atoms with Crippen molar-refractivity contribution in [3.05, 3.63) is 152 Å². The summed E-state index contributed by atoms with van der Waals surface area (Å²) < 4.78 is 8.60. The number of hydrogen-bond acceptors (Lipinski definition) is 3. The number of nitrogens with zero attached hydrogens (tertiary/aromatic N) is 3. The van der Waals surface area contributed by atoms with E-state index in [1.54, 1.807) is 0 Å². The van der Waals surface area contributed by atoms with Crippen LogP contribution < -0.4 is 0 Å². The van der Waals surface area contributed by atoms with Crippen molar-refractivity contribution in [3.63, 3.8) is 0 Å². The predicted octanol–water partition coefficient (Wildman–Crippen LogP) is 11.8. The van der Waals surface area contributed by atoms with Crippen LogP contribution in [-0.2, 0) is 0 Å². The molecule has 0 amide bonds. The lowest BCUT2D eigenvalue weighted by Crippen LogP contribution is -2.03. The van der Waals surface area contributed by atoms with Gasteiger partial charge in [-0.25, -0.2) is 9.97 Å². The average molecular weight is 612 g/mol. The number of fused-ring (bicyclic) bond motifs is 12. The summed E-state index contributed by atoms with van der Waals surface area (Å²) >= 11 is 0. The van der Waals surface area contributed by atoms with Gasteiger partial charge < -0.3 is 4.42 Å². The van der Waals surface area contributed by atoms with Gasteiger partial charge in [0.2, 0.25) is 5.95 Å². The Morgan fingerprint density at radius 3 is 1.71 bits per heavy atom. The van der Waals surface area contributed by atoms with E-state index in [0.717, 1.165) is 55.1 Å². The van der Waals surface area contributed by atoms with E-state index >= 15 is 0 Å². The van der Waals surface area contributed by atoms with Crippen molar-refractivity contribution in [3.8, 4) is 17.2 Å². The maximum atomic E-state index is 6.35. The van der Waals surface area contributed by atoms with Crippen LogP contribution in [0.4, 0.5) is 0 Å². The molecule has 0 radical (unpaired) electrons. The van der Waals surface area contributed by atoms with Crippen LogP contribution in [0.5, 0.6) is 0 Å². The second-order valence-corrected chi connectivity index (χ2v) is 12.6. The van der Waals surface area contributed by atoms with E-state index in [2.05, 4.69) is 150 Å². The third-order valence-corrected chi connectivity index (χ3v) is 9.95. The molecule has 0 unspecified atom stereocenters. The Hall–Kier alpha value is -6.52. The lowest BCUT2D eigenvalue weighted by atomic mass is 10.00. The number of aromatic nitrogens is 3. The molecule has 0 aliphatic carbocycles. The number of benzene rings is 8. The van der Waals surface area contributed by atoms with Crippen molar-refractivity contribution in [2.24, 2.45) is 0 Å². The molecular weight excluding hydrogens is 587 g/mol. The normalized spacial score (nSPS) is 12.2. The van der Waals surface area contributed by atoms with Crippen molar-refractivity contribution in [2.75, 3.05) is 0 Å². The van der Waals surface area contributed by atoms with E-state index in [-0.39, 0.29) is 0 Å². The molecule has 0 N–H and O–H groups in total. The lowest BCUT2D eigenvalue weighted by Gasteiger charge is -2.12. The minimum atomic E-state index is 0.650. The Morgan fingerprint density at radius 1 is 0.417 bits per heavy atom. The molecule has 3 aromatic heterocycles. The van der Waals surface area contributed by atoms with E-state index in [0.29, 0.717) is 5.95 Å². The van der Waals surface area contributed by atoms with Gasteiger partial charge in [-0.2, -0.15) is 0 Å². The molecule has 0 saturated heterocycles. The summed E-state index contributed by atoms with van der Waals surface area (Å²) in [5, 5.41) is 12.9. The first-order valence-corrected chi connectivity index (χ1v) is 16.2. The highest BCUT2D eigenvalue weighted by atomic mass is 16.3. The molecule has 8 aromatic carbocycles. The second kappa shape index (κ2) is 9.50. The molecule has 0 bridgehead atoms. The number of para-hydroxylation sites is 1. The van der Waals surface area contributed by atoms with Crippen LogP contribution in [0.1, 0.15) is 0 Å². The van der Waals surface area contributed by atoms with Crippen molar-refractivity contribution < 1.29 is 4.42 Å². The number of hydrogen-bond donors (Lipinski definition) is 0. The van der Waals surface area contributed by atoms with Gasteiger partial charge in [-0.05, 0) is 80.8 Å². The van der Waals surface area contributed by atoms with Crippen LogP contribution in [0.2, 0.25) is 0 Å². The highest BCUT2D eigenvalue weighted by Crippen LogP contribution is 2.41. The van der Waals surface area contributed by atoms with Gasteiger partial charge in [0.15, 0.2) is 0 Å². The van der Waals surface area contributed by atoms with Gasteiger partial charge in [0.25, 0.3) is 0 Å². The summed E-state index contributed by atoms with van der Waals surface area (Å²) in [6.07, 6.45) is 0. The van der Waals surface area contributed by atoms with Gasteiger partial charge in [0, 0.05) is 32.5 Å². The average Bonchev–Trinajstić information content (AvgIpc) is 3.68. The highest BCUT2D eigenvalue weighted by Gasteiger charge is 2.21. The number of rotatable bonds is 2. The molecule has 0 atom stereocenters. The van der Waals surface area contributed by atoms with Crippen molar-refractivity contribution in [1.82, 2.24) is 14.5 Å². The summed E-state index contributed by atoms with van der Waals surface area (Å²) in [5.41, 5.74) is 6.74. The van der Waals surface area contributed by atoms with Gasteiger partial charge >= 0.3 is 0 Å². The van der Waals surface area contributed by atoms with Gasteiger partial charge in [-0.15, -0.1) is 0 Å². The highest BCUT2D eigenvalue weighted by molar-refractivity contribution is 6.28. The molecule has 0 saturated carbocycles. The summed E-state index contributed by atoms with van der Waals surface area (Å²) in [6.45, 7) is 0.